The summed E-state index contributed by atoms with van der Waals surface area (Å²) in [5.41, 5.74) is -6.38. The van der Waals surface area contributed by atoms with Crippen LogP contribution in [0.15, 0.2) is 42.6 Å². The van der Waals surface area contributed by atoms with Gasteiger partial charge in [-0.05, 0) is 68.7 Å². The van der Waals surface area contributed by atoms with Crippen molar-refractivity contribution in [2.24, 2.45) is 5.41 Å². The molecule has 9 nitrogen and oxygen atoms in total. The molecule has 1 aliphatic rings. The SMILES string of the molecule is CC(NC(=O)COCC(F)C(F)COc1ccc(-c2ncc(N3C(=S)N(c4ccc(C#N)c(C(F)(F)F)c4F)C(=O)C3(C)C)cc2F)cc1F)C(C)(C)C. The third kappa shape index (κ3) is 8.73. The van der Waals surface area contributed by atoms with E-state index in [1.807, 2.05) is 20.8 Å². The van der Waals surface area contributed by atoms with E-state index < -0.39 is 107 Å². The van der Waals surface area contributed by atoms with Gasteiger partial charge in [0.15, 0.2) is 40.7 Å². The molecule has 3 unspecified atom stereocenters. The number of ether oxygens (including phenoxy) is 2. The Morgan fingerprint density at radius 1 is 1.04 bits per heavy atom. The first-order chi connectivity index (χ1) is 25.0. The number of thiocarbonyl (C=S) groups is 1. The van der Waals surface area contributed by atoms with Crippen molar-refractivity contribution < 1.29 is 54.2 Å². The van der Waals surface area contributed by atoms with Gasteiger partial charge in [0.1, 0.15) is 30.0 Å². The molecular weight excluding hydrogens is 750 g/mol. The second-order valence-electron chi connectivity index (χ2n) is 13.9. The minimum absolute atomic E-state index is 0.114. The zero-order chi connectivity index (χ0) is 40.5. The number of nitrogens with zero attached hydrogens (tertiary/aromatic N) is 4. The van der Waals surface area contributed by atoms with Crippen LogP contribution in [0.1, 0.15) is 52.7 Å². The molecule has 4 rings (SSSR count). The van der Waals surface area contributed by atoms with Crippen LogP contribution in [0, 0.1) is 34.2 Å². The summed E-state index contributed by atoms with van der Waals surface area (Å²) < 4.78 is 126. The van der Waals surface area contributed by atoms with Crippen LogP contribution in [0.2, 0.25) is 0 Å². The van der Waals surface area contributed by atoms with Crippen molar-refractivity contribution in [3.05, 3.63) is 71.2 Å². The van der Waals surface area contributed by atoms with Crippen molar-refractivity contribution >= 4 is 40.5 Å². The summed E-state index contributed by atoms with van der Waals surface area (Å²) >= 11 is 5.36. The molecule has 0 aliphatic carbocycles. The molecule has 1 aliphatic heterocycles. The van der Waals surface area contributed by atoms with Crippen LogP contribution in [0.4, 0.5) is 46.5 Å². The molecule has 1 fully saturated rings. The molecule has 1 aromatic heterocycles. The van der Waals surface area contributed by atoms with Gasteiger partial charge in [0.05, 0.1) is 35.8 Å². The number of hydrogen-bond donors (Lipinski definition) is 1. The van der Waals surface area contributed by atoms with E-state index in [1.54, 1.807) is 6.92 Å². The molecule has 0 bridgehead atoms. The van der Waals surface area contributed by atoms with Gasteiger partial charge >= 0.3 is 6.18 Å². The lowest BCUT2D eigenvalue weighted by molar-refractivity contribution is -0.140. The molecule has 0 saturated carbocycles. The van der Waals surface area contributed by atoms with Crippen LogP contribution < -0.4 is 19.9 Å². The fourth-order valence-electron chi connectivity index (χ4n) is 5.22. The number of nitriles is 1. The smallest absolute Gasteiger partial charge is 0.420 e. The van der Waals surface area contributed by atoms with E-state index in [2.05, 4.69) is 10.3 Å². The van der Waals surface area contributed by atoms with Crippen molar-refractivity contribution in [3.8, 4) is 23.1 Å². The van der Waals surface area contributed by atoms with Crippen LogP contribution in [-0.4, -0.2) is 65.7 Å². The second-order valence-corrected chi connectivity index (χ2v) is 14.3. The van der Waals surface area contributed by atoms with Gasteiger partial charge in [0.2, 0.25) is 5.91 Å². The number of carbonyl (C=O) groups excluding carboxylic acids is 2. The summed E-state index contributed by atoms with van der Waals surface area (Å²) in [4.78, 5) is 31.0. The highest BCUT2D eigenvalue weighted by Crippen LogP contribution is 2.42. The van der Waals surface area contributed by atoms with Gasteiger partial charge < -0.3 is 19.7 Å². The number of alkyl halides is 5. The Hall–Kier alpha value is -4.89. The molecule has 1 N–H and O–H groups in total. The molecule has 18 heteroatoms. The Labute approximate surface area is 310 Å². The number of pyridine rings is 1. The molecule has 2 amide bonds. The average molecular weight is 786 g/mol. The highest BCUT2D eigenvalue weighted by Gasteiger charge is 2.52. The fourth-order valence-corrected chi connectivity index (χ4v) is 5.73. The Morgan fingerprint density at radius 2 is 1.69 bits per heavy atom. The first kappa shape index (κ1) is 41.9. The number of benzene rings is 2. The molecule has 0 radical (unpaired) electrons. The quantitative estimate of drug-likeness (QED) is 0.148. The Bertz CT molecular complexity index is 1980. The van der Waals surface area contributed by atoms with E-state index in [4.69, 9.17) is 27.0 Å². The molecule has 3 aromatic rings. The fraction of sp³-hybridized carbons (Fsp3) is 0.417. The number of carbonyl (C=O) groups is 2. The Balaban J connectivity index is 1.45. The number of amides is 2. The predicted molar refractivity (Wildman–Crippen MR) is 186 cm³/mol. The highest BCUT2D eigenvalue weighted by atomic mass is 32.1. The average Bonchev–Trinajstić information content (AvgIpc) is 3.24. The van der Waals surface area contributed by atoms with Gasteiger partial charge in [0, 0.05) is 17.7 Å². The minimum Gasteiger partial charge on any atom is -0.487 e. The lowest BCUT2D eigenvalue weighted by Crippen LogP contribution is -2.44. The topological polar surface area (TPSA) is 108 Å². The van der Waals surface area contributed by atoms with Crippen molar-refractivity contribution in [2.45, 2.75) is 71.6 Å². The van der Waals surface area contributed by atoms with Gasteiger partial charge in [-0.3, -0.25) is 19.5 Å². The zero-order valence-electron chi connectivity index (χ0n) is 29.7. The van der Waals surface area contributed by atoms with Crippen LogP contribution in [-0.2, 0) is 20.5 Å². The van der Waals surface area contributed by atoms with E-state index in [-0.39, 0.29) is 22.7 Å². The summed E-state index contributed by atoms with van der Waals surface area (Å²) in [6.45, 7) is 7.97. The van der Waals surface area contributed by atoms with Gasteiger partial charge in [-0.1, -0.05) is 20.8 Å². The Morgan fingerprint density at radius 3 is 2.26 bits per heavy atom. The summed E-state index contributed by atoms with van der Waals surface area (Å²) in [5.74, 6) is -6.01. The number of rotatable bonds is 12. The number of aromatic nitrogens is 1. The van der Waals surface area contributed by atoms with Gasteiger partial charge in [-0.15, -0.1) is 0 Å². The molecule has 2 aromatic carbocycles. The first-order valence-electron chi connectivity index (χ1n) is 16.2. The van der Waals surface area contributed by atoms with E-state index >= 15 is 8.78 Å². The van der Waals surface area contributed by atoms with Crippen LogP contribution in [0.25, 0.3) is 11.3 Å². The molecule has 2 heterocycles. The minimum atomic E-state index is -5.29. The standard InChI is InChI=1S/C36H35F8N5O4S/c1-18(34(2,3)4)47-28(50)17-52-15-24(39)25(40)16-53-27-10-8-19(11-22(27)37)31-23(38)12-21(14-46-31)49-33(54)48(32(51)35(49,5)6)26-9-7-20(13-45)29(30(26)41)36(42,43)44/h7-12,14,18,24-25H,15-17H2,1-6H3,(H,47,50). The van der Waals surface area contributed by atoms with E-state index in [0.717, 1.165) is 35.4 Å². The first-order valence-corrected chi connectivity index (χ1v) is 16.6. The third-order valence-corrected chi connectivity index (χ3v) is 9.07. The van der Waals surface area contributed by atoms with Gasteiger partial charge in [-0.25, -0.2) is 22.0 Å². The molecule has 1 saturated heterocycles. The number of halogens is 8. The normalized spacial score (nSPS) is 16.2. The maximum absolute atomic E-state index is 15.5. The maximum atomic E-state index is 15.5. The van der Waals surface area contributed by atoms with Gasteiger partial charge in [-0.2, -0.15) is 18.4 Å². The number of nitrogens with one attached hydrogen (secondary N) is 1. The van der Waals surface area contributed by atoms with Crippen molar-refractivity contribution in [1.29, 1.82) is 5.26 Å². The molecule has 290 valence electrons. The molecule has 3 atom stereocenters. The number of hydrogen-bond acceptors (Lipinski definition) is 7. The second kappa shape index (κ2) is 15.8. The lowest BCUT2D eigenvalue weighted by atomic mass is 9.88. The van der Waals surface area contributed by atoms with Crippen LogP contribution >= 0.6 is 12.2 Å². The van der Waals surface area contributed by atoms with Gasteiger partial charge in [0.25, 0.3) is 5.91 Å². The predicted octanol–water partition coefficient (Wildman–Crippen LogP) is 7.60. The summed E-state index contributed by atoms with van der Waals surface area (Å²) in [6, 6.07) is 6.47. The number of anilines is 2. The van der Waals surface area contributed by atoms with Crippen LogP contribution in [0.5, 0.6) is 5.75 Å². The molecule has 0 spiro atoms. The van der Waals surface area contributed by atoms with E-state index in [1.165, 1.54) is 26.0 Å². The summed E-state index contributed by atoms with van der Waals surface area (Å²) in [7, 11) is 0. The summed E-state index contributed by atoms with van der Waals surface area (Å²) in [5, 5.41) is 11.3. The molecular formula is C36H35F8N5O4S. The van der Waals surface area contributed by atoms with Crippen molar-refractivity contribution in [1.82, 2.24) is 10.3 Å². The maximum Gasteiger partial charge on any atom is 0.420 e. The third-order valence-electron chi connectivity index (χ3n) is 8.70. The Kier molecular flexibility index (Phi) is 12.3. The zero-order valence-corrected chi connectivity index (χ0v) is 30.6. The van der Waals surface area contributed by atoms with Crippen molar-refractivity contribution in [2.75, 3.05) is 29.6 Å². The largest absolute Gasteiger partial charge is 0.487 e. The highest BCUT2D eigenvalue weighted by molar-refractivity contribution is 7.81. The van der Waals surface area contributed by atoms with E-state index in [9.17, 15) is 35.9 Å². The van der Waals surface area contributed by atoms with Crippen LogP contribution in [0.3, 0.4) is 0 Å². The molecule has 54 heavy (non-hydrogen) atoms. The monoisotopic (exact) mass is 785 g/mol. The van der Waals surface area contributed by atoms with E-state index in [0.29, 0.717) is 11.0 Å². The lowest BCUT2D eigenvalue weighted by Gasteiger charge is -2.29. The summed E-state index contributed by atoms with van der Waals surface area (Å²) in [6.07, 6.45) is -8.69. The van der Waals surface area contributed by atoms with Crippen molar-refractivity contribution in [3.63, 3.8) is 0 Å².